The first-order chi connectivity index (χ1) is 4.18. The second-order valence-electron chi connectivity index (χ2n) is 2.44. The van der Waals surface area contributed by atoms with Gasteiger partial charge in [-0.25, -0.2) is 0 Å². The fraction of sp³-hybridized carbons (Fsp3) is 0.750. The summed E-state index contributed by atoms with van der Waals surface area (Å²) in [4.78, 5) is 0. The van der Waals surface area contributed by atoms with Crippen LogP contribution in [0.4, 0.5) is 0 Å². The molecule has 0 aromatic carbocycles. The highest BCUT2D eigenvalue weighted by Gasteiger charge is 2.05. The Labute approximate surface area is 57.1 Å². The van der Waals surface area contributed by atoms with Crippen LogP contribution in [0.25, 0.3) is 0 Å². The molecule has 0 saturated heterocycles. The van der Waals surface area contributed by atoms with E-state index in [-0.39, 0.29) is 6.10 Å². The summed E-state index contributed by atoms with van der Waals surface area (Å²) < 4.78 is 0. The molecule has 0 saturated carbocycles. The Hall–Kier alpha value is -0.480. The summed E-state index contributed by atoms with van der Waals surface area (Å²) in [7, 11) is 0. The van der Waals surface area contributed by atoms with Crippen LogP contribution in [0.3, 0.4) is 0 Å². The Morgan fingerprint density at radius 1 is 1.44 bits per heavy atom. The molecule has 0 unspecified atom stereocenters. The van der Waals surface area contributed by atoms with Crippen LogP contribution in [0, 0.1) is 17.8 Å². The Morgan fingerprint density at radius 3 is 2.33 bits per heavy atom. The van der Waals surface area contributed by atoms with Gasteiger partial charge in [0.1, 0.15) is 0 Å². The van der Waals surface area contributed by atoms with Crippen molar-refractivity contribution >= 4 is 0 Å². The molecule has 0 aliphatic rings. The van der Waals surface area contributed by atoms with Crippen LogP contribution in [0.2, 0.25) is 0 Å². The molecular weight excluding hydrogens is 112 g/mol. The van der Waals surface area contributed by atoms with Crippen LogP contribution in [-0.2, 0) is 0 Å². The highest BCUT2D eigenvalue weighted by atomic mass is 16.3. The lowest BCUT2D eigenvalue weighted by Crippen LogP contribution is -2.12. The van der Waals surface area contributed by atoms with Gasteiger partial charge in [0, 0.05) is 6.42 Å². The normalized spacial score (nSPS) is 12.6. The van der Waals surface area contributed by atoms with E-state index in [1.54, 1.807) is 6.92 Å². The number of aliphatic hydroxyl groups is 1. The summed E-state index contributed by atoms with van der Waals surface area (Å²) in [5, 5.41) is 9.16. The van der Waals surface area contributed by atoms with Crippen molar-refractivity contribution in [3.05, 3.63) is 0 Å². The zero-order chi connectivity index (χ0) is 7.28. The summed E-state index contributed by atoms with van der Waals surface area (Å²) in [5.41, 5.74) is 0. The predicted octanol–water partition coefficient (Wildman–Crippen LogP) is 1.42. The maximum absolute atomic E-state index is 9.16. The minimum absolute atomic E-state index is 0.252. The van der Waals surface area contributed by atoms with Gasteiger partial charge >= 0.3 is 0 Å². The molecule has 1 heteroatoms. The quantitative estimate of drug-likeness (QED) is 0.555. The minimum atomic E-state index is -0.252. The maximum Gasteiger partial charge on any atom is 0.0672 e. The molecule has 0 fully saturated rings. The highest BCUT2D eigenvalue weighted by molar-refractivity contribution is 4.96. The first kappa shape index (κ1) is 8.52. The van der Waals surface area contributed by atoms with Crippen molar-refractivity contribution in [1.82, 2.24) is 0 Å². The first-order valence-electron chi connectivity index (χ1n) is 3.26. The van der Waals surface area contributed by atoms with Gasteiger partial charge in [0.2, 0.25) is 0 Å². The summed E-state index contributed by atoms with van der Waals surface area (Å²) in [6.45, 7) is 5.76. The Morgan fingerprint density at radius 2 is 2.00 bits per heavy atom. The van der Waals surface area contributed by atoms with Crippen molar-refractivity contribution < 1.29 is 5.11 Å². The second kappa shape index (κ2) is 4.40. The minimum Gasteiger partial charge on any atom is -0.392 e. The van der Waals surface area contributed by atoms with Crippen LogP contribution >= 0.6 is 0 Å². The summed E-state index contributed by atoms with van der Waals surface area (Å²) in [6, 6.07) is 0. The van der Waals surface area contributed by atoms with E-state index in [1.165, 1.54) is 0 Å². The van der Waals surface area contributed by atoms with E-state index in [9.17, 15) is 0 Å². The largest absolute Gasteiger partial charge is 0.392 e. The van der Waals surface area contributed by atoms with Crippen molar-refractivity contribution in [3.8, 4) is 11.8 Å². The first-order valence-corrected chi connectivity index (χ1v) is 3.26. The Kier molecular flexibility index (Phi) is 4.17. The molecule has 1 nitrogen and oxygen atoms in total. The molecule has 1 atom stereocenters. The number of rotatable bonds is 2. The molecule has 0 aromatic heterocycles. The Balaban J connectivity index is 3.46. The van der Waals surface area contributed by atoms with E-state index in [1.807, 2.05) is 13.8 Å². The molecule has 0 rings (SSSR count). The lowest BCUT2D eigenvalue weighted by molar-refractivity contribution is 0.130. The van der Waals surface area contributed by atoms with Crippen LogP contribution in [0.5, 0.6) is 0 Å². The standard InChI is InChI=1S/C8H14O/c1-4-5-6-8(9)7(2)3/h7-9H,6H2,1-3H3/t8-/m0/s1. The molecule has 0 amide bonds. The monoisotopic (exact) mass is 126 g/mol. The molecule has 0 radical (unpaired) electrons. The maximum atomic E-state index is 9.16. The van der Waals surface area contributed by atoms with Gasteiger partial charge in [-0.05, 0) is 12.8 Å². The number of hydrogen-bond acceptors (Lipinski definition) is 1. The van der Waals surface area contributed by atoms with Gasteiger partial charge in [-0.15, -0.1) is 11.8 Å². The number of hydrogen-bond donors (Lipinski definition) is 1. The van der Waals surface area contributed by atoms with Crippen molar-refractivity contribution in [2.45, 2.75) is 33.3 Å². The Bertz CT molecular complexity index is 116. The molecule has 9 heavy (non-hydrogen) atoms. The zero-order valence-corrected chi connectivity index (χ0v) is 6.31. The fourth-order valence-electron chi connectivity index (χ4n) is 0.442. The fourth-order valence-corrected chi connectivity index (χ4v) is 0.442. The van der Waals surface area contributed by atoms with Crippen molar-refractivity contribution in [1.29, 1.82) is 0 Å². The van der Waals surface area contributed by atoms with E-state index >= 15 is 0 Å². The molecule has 0 aliphatic heterocycles. The van der Waals surface area contributed by atoms with E-state index < -0.39 is 0 Å². The van der Waals surface area contributed by atoms with Gasteiger partial charge in [0.05, 0.1) is 6.10 Å². The highest BCUT2D eigenvalue weighted by Crippen LogP contribution is 2.03. The summed E-state index contributed by atoms with van der Waals surface area (Å²) in [5.74, 6) is 5.90. The van der Waals surface area contributed by atoms with Crippen LogP contribution < -0.4 is 0 Å². The van der Waals surface area contributed by atoms with Crippen molar-refractivity contribution in [2.24, 2.45) is 5.92 Å². The molecule has 0 aromatic rings. The van der Waals surface area contributed by atoms with E-state index in [4.69, 9.17) is 5.11 Å². The molecule has 0 spiro atoms. The van der Waals surface area contributed by atoms with Gasteiger partial charge in [-0.1, -0.05) is 13.8 Å². The van der Waals surface area contributed by atoms with Gasteiger partial charge in [-0.2, -0.15) is 0 Å². The second-order valence-corrected chi connectivity index (χ2v) is 2.44. The average Bonchev–Trinajstić information content (AvgIpc) is 1.82. The third kappa shape index (κ3) is 4.05. The molecule has 1 N–H and O–H groups in total. The van der Waals surface area contributed by atoms with E-state index in [0.29, 0.717) is 12.3 Å². The molecule has 0 aliphatic carbocycles. The molecule has 52 valence electrons. The van der Waals surface area contributed by atoms with Gasteiger partial charge in [-0.3, -0.25) is 0 Å². The van der Waals surface area contributed by atoms with Crippen LogP contribution in [-0.4, -0.2) is 11.2 Å². The third-order valence-corrected chi connectivity index (χ3v) is 1.26. The van der Waals surface area contributed by atoms with Gasteiger partial charge in [0.15, 0.2) is 0 Å². The number of aliphatic hydroxyl groups excluding tert-OH is 1. The third-order valence-electron chi connectivity index (χ3n) is 1.26. The van der Waals surface area contributed by atoms with Crippen LogP contribution in [0.1, 0.15) is 27.2 Å². The summed E-state index contributed by atoms with van der Waals surface area (Å²) in [6.07, 6.45) is 0.353. The van der Waals surface area contributed by atoms with E-state index in [2.05, 4.69) is 11.8 Å². The van der Waals surface area contributed by atoms with Gasteiger partial charge < -0.3 is 5.11 Å². The topological polar surface area (TPSA) is 20.2 Å². The van der Waals surface area contributed by atoms with Crippen LogP contribution in [0.15, 0.2) is 0 Å². The molecular formula is C8H14O. The lowest BCUT2D eigenvalue weighted by Gasteiger charge is -2.09. The smallest absolute Gasteiger partial charge is 0.0672 e. The molecule has 0 bridgehead atoms. The predicted molar refractivity (Wildman–Crippen MR) is 38.9 cm³/mol. The average molecular weight is 126 g/mol. The van der Waals surface area contributed by atoms with Gasteiger partial charge in [0.25, 0.3) is 0 Å². The zero-order valence-electron chi connectivity index (χ0n) is 6.31. The van der Waals surface area contributed by atoms with E-state index in [0.717, 1.165) is 0 Å². The molecule has 0 heterocycles. The van der Waals surface area contributed by atoms with Crippen molar-refractivity contribution in [2.75, 3.05) is 0 Å². The summed E-state index contributed by atoms with van der Waals surface area (Å²) >= 11 is 0. The van der Waals surface area contributed by atoms with Crippen molar-refractivity contribution in [3.63, 3.8) is 0 Å². The lowest BCUT2D eigenvalue weighted by atomic mass is 10.1. The SMILES string of the molecule is CC#CC[C@H](O)C(C)C.